The van der Waals surface area contributed by atoms with Gasteiger partial charge in [-0.25, -0.2) is 4.79 Å². The van der Waals surface area contributed by atoms with Crippen molar-refractivity contribution in [3.63, 3.8) is 0 Å². The Morgan fingerprint density at radius 2 is 2.36 bits per heavy atom. The van der Waals surface area contributed by atoms with E-state index in [2.05, 4.69) is 5.32 Å². The van der Waals surface area contributed by atoms with Crippen LogP contribution >= 0.6 is 12.4 Å². The Hall–Kier alpha value is -0.480. The van der Waals surface area contributed by atoms with Gasteiger partial charge in [0.25, 0.3) is 0 Å². The second-order valence-electron chi connectivity index (χ2n) is 2.53. The highest BCUT2D eigenvalue weighted by Crippen LogP contribution is 2.01. The Labute approximate surface area is 72.0 Å². The third-order valence-electron chi connectivity index (χ3n) is 1.75. The van der Waals surface area contributed by atoms with E-state index in [9.17, 15) is 4.79 Å². The van der Waals surface area contributed by atoms with Crippen molar-refractivity contribution in [2.45, 2.75) is 13.0 Å². The van der Waals surface area contributed by atoms with Crippen LogP contribution in [0.1, 0.15) is 6.92 Å². The summed E-state index contributed by atoms with van der Waals surface area (Å²) in [5, 5.41) is 11.7. The van der Waals surface area contributed by atoms with Crippen molar-refractivity contribution < 1.29 is 9.90 Å². The zero-order valence-electron chi connectivity index (χ0n) is 6.41. The van der Waals surface area contributed by atoms with E-state index in [1.165, 1.54) is 4.90 Å². The predicted molar refractivity (Wildman–Crippen MR) is 44.3 cm³/mol. The van der Waals surface area contributed by atoms with Crippen molar-refractivity contribution in [3.8, 4) is 0 Å². The topological polar surface area (TPSA) is 52.6 Å². The highest BCUT2D eigenvalue weighted by Gasteiger charge is 2.21. The van der Waals surface area contributed by atoms with Gasteiger partial charge in [-0.05, 0) is 6.92 Å². The molecular formula is C6H13ClN2O2. The van der Waals surface area contributed by atoms with Crippen molar-refractivity contribution in [1.29, 1.82) is 0 Å². The first-order valence-corrected chi connectivity index (χ1v) is 3.42. The lowest BCUT2D eigenvalue weighted by Crippen LogP contribution is -2.51. The molecule has 1 fully saturated rings. The molecule has 4 nitrogen and oxygen atoms in total. The van der Waals surface area contributed by atoms with Gasteiger partial charge in [0.05, 0.1) is 0 Å². The number of amides is 1. The fraction of sp³-hybridized carbons (Fsp3) is 0.833. The van der Waals surface area contributed by atoms with Gasteiger partial charge in [-0.2, -0.15) is 0 Å². The zero-order chi connectivity index (χ0) is 7.56. The first-order valence-electron chi connectivity index (χ1n) is 3.42. The van der Waals surface area contributed by atoms with Crippen molar-refractivity contribution >= 4 is 18.5 Å². The van der Waals surface area contributed by atoms with Gasteiger partial charge >= 0.3 is 6.09 Å². The molecule has 11 heavy (non-hydrogen) atoms. The van der Waals surface area contributed by atoms with E-state index in [4.69, 9.17) is 5.11 Å². The molecule has 0 aromatic rings. The summed E-state index contributed by atoms with van der Waals surface area (Å²) >= 11 is 0. The molecule has 0 saturated carbocycles. The summed E-state index contributed by atoms with van der Waals surface area (Å²) in [5.41, 5.74) is 0. The summed E-state index contributed by atoms with van der Waals surface area (Å²) in [7, 11) is 0. The molecule has 5 heteroatoms. The normalized spacial score (nSPS) is 24.1. The number of hydrogen-bond donors (Lipinski definition) is 2. The molecule has 1 saturated heterocycles. The Morgan fingerprint density at radius 1 is 1.73 bits per heavy atom. The number of nitrogens with zero attached hydrogens (tertiary/aromatic N) is 1. The molecule has 0 spiro atoms. The van der Waals surface area contributed by atoms with Crippen molar-refractivity contribution in [1.82, 2.24) is 10.2 Å². The monoisotopic (exact) mass is 180 g/mol. The van der Waals surface area contributed by atoms with Gasteiger partial charge < -0.3 is 15.3 Å². The molecule has 2 N–H and O–H groups in total. The Bertz CT molecular complexity index is 143. The van der Waals surface area contributed by atoms with Crippen LogP contribution < -0.4 is 5.32 Å². The Balaban J connectivity index is 0.000001000. The largest absolute Gasteiger partial charge is 0.465 e. The number of piperazine rings is 1. The maximum atomic E-state index is 10.5. The van der Waals surface area contributed by atoms with Gasteiger partial charge in [-0.3, -0.25) is 0 Å². The van der Waals surface area contributed by atoms with E-state index in [0.717, 1.165) is 13.1 Å². The highest BCUT2D eigenvalue weighted by molar-refractivity contribution is 5.85. The molecule has 1 aliphatic rings. The van der Waals surface area contributed by atoms with Crippen LogP contribution in [0, 0.1) is 0 Å². The molecule has 0 aliphatic carbocycles. The van der Waals surface area contributed by atoms with Gasteiger partial charge in [0.15, 0.2) is 0 Å². The smallest absolute Gasteiger partial charge is 0.407 e. The van der Waals surface area contributed by atoms with Gasteiger partial charge in [-0.15, -0.1) is 12.4 Å². The van der Waals surface area contributed by atoms with Crippen LogP contribution in [0.15, 0.2) is 0 Å². The number of rotatable bonds is 0. The summed E-state index contributed by atoms with van der Waals surface area (Å²) in [6.45, 7) is 4.06. The van der Waals surface area contributed by atoms with Crippen LogP contribution in [0.4, 0.5) is 4.79 Å². The minimum Gasteiger partial charge on any atom is -0.465 e. The molecule has 0 radical (unpaired) electrons. The quantitative estimate of drug-likeness (QED) is 0.567. The summed E-state index contributed by atoms with van der Waals surface area (Å²) in [6, 6.07) is 0.117. The molecule has 1 atom stereocenters. The maximum Gasteiger partial charge on any atom is 0.407 e. The average Bonchev–Trinajstić information content (AvgIpc) is 1.88. The number of halogens is 1. The molecule has 66 valence electrons. The van der Waals surface area contributed by atoms with Crippen LogP contribution in [-0.4, -0.2) is 41.8 Å². The van der Waals surface area contributed by atoms with Crippen LogP contribution in [0.2, 0.25) is 0 Å². The molecule has 0 bridgehead atoms. The van der Waals surface area contributed by atoms with Crippen molar-refractivity contribution in [2.75, 3.05) is 19.6 Å². The number of carboxylic acid groups (broad SMARTS) is 1. The van der Waals surface area contributed by atoms with E-state index in [1.807, 2.05) is 6.92 Å². The summed E-state index contributed by atoms with van der Waals surface area (Å²) < 4.78 is 0. The zero-order valence-corrected chi connectivity index (χ0v) is 7.23. The van der Waals surface area contributed by atoms with Gasteiger partial charge in [0.2, 0.25) is 0 Å². The highest BCUT2D eigenvalue weighted by atomic mass is 35.5. The summed E-state index contributed by atoms with van der Waals surface area (Å²) in [5.74, 6) is 0. The summed E-state index contributed by atoms with van der Waals surface area (Å²) in [4.78, 5) is 11.9. The molecule has 1 heterocycles. The third-order valence-corrected chi connectivity index (χ3v) is 1.75. The lowest BCUT2D eigenvalue weighted by Gasteiger charge is -2.31. The second-order valence-corrected chi connectivity index (χ2v) is 2.53. The lowest BCUT2D eigenvalue weighted by molar-refractivity contribution is 0.117. The molecule has 0 unspecified atom stereocenters. The minimum absolute atomic E-state index is 0. The van der Waals surface area contributed by atoms with E-state index >= 15 is 0 Å². The van der Waals surface area contributed by atoms with E-state index in [-0.39, 0.29) is 18.4 Å². The molecule has 1 aliphatic heterocycles. The number of hydrogen-bond acceptors (Lipinski definition) is 2. The molecule has 1 rings (SSSR count). The fourth-order valence-electron chi connectivity index (χ4n) is 1.13. The minimum atomic E-state index is -0.811. The standard InChI is InChI=1S/C6H12N2O2.ClH/c1-5-4-7-2-3-8(5)6(9)10;/h5,7H,2-4H2,1H3,(H,9,10);1H/t5-;/m0./s1. The fourth-order valence-corrected chi connectivity index (χ4v) is 1.13. The van der Waals surface area contributed by atoms with Crippen LogP contribution in [0.5, 0.6) is 0 Å². The Morgan fingerprint density at radius 3 is 2.73 bits per heavy atom. The molecule has 0 aromatic carbocycles. The first-order chi connectivity index (χ1) is 4.72. The third kappa shape index (κ3) is 2.55. The van der Waals surface area contributed by atoms with Crippen molar-refractivity contribution in [2.24, 2.45) is 0 Å². The van der Waals surface area contributed by atoms with Crippen LogP contribution in [0.25, 0.3) is 0 Å². The van der Waals surface area contributed by atoms with Crippen LogP contribution in [0.3, 0.4) is 0 Å². The van der Waals surface area contributed by atoms with Crippen molar-refractivity contribution in [3.05, 3.63) is 0 Å². The van der Waals surface area contributed by atoms with Gasteiger partial charge in [-0.1, -0.05) is 0 Å². The lowest BCUT2D eigenvalue weighted by atomic mass is 10.2. The molecule has 0 aromatic heterocycles. The maximum absolute atomic E-state index is 10.5. The summed E-state index contributed by atoms with van der Waals surface area (Å²) in [6.07, 6.45) is -0.811. The Kier molecular flexibility index (Phi) is 4.22. The molecule has 1 amide bonds. The van der Waals surface area contributed by atoms with Crippen LogP contribution in [-0.2, 0) is 0 Å². The SMILES string of the molecule is C[C@H]1CNCCN1C(=O)O.Cl. The number of carbonyl (C=O) groups is 1. The number of nitrogens with one attached hydrogen (secondary N) is 1. The van der Waals surface area contributed by atoms with E-state index < -0.39 is 6.09 Å². The van der Waals surface area contributed by atoms with Gasteiger partial charge in [0.1, 0.15) is 0 Å². The first kappa shape index (κ1) is 10.5. The van der Waals surface area contributed by atoms with E-state index in [0.29, 0.717) is 6.54 Å². The van der Waals surface area contributed by atoms with Gasteiger partial charge in [0, 0.05) is 25.7 Å². The van der Waals surface area contributed by atoms with E-state index in [1.54, 1.807) is 0 Å². The predicted octanol–water partition coefficient (Wildman–Crippen LogP) is 0.380. The molecular weight excluding hydrogens is 168 g/mol. The average molecular weight is 181 g/mol. The second kappa shape index (κ2) is 4.41.